The van der Waals surface area contributed by atoms with Crippen LogP contribution in [-0.2, 0) is 17.7 Å². The molecule has 0 aliphatic carbocycles. The molecule has 0 saturated heterocycles. The molecule has 0 aliphatic rings. The molecule has 0 spiro atoms. The van der Waals surface area contributed by atoms with Crippen molar-refractivity contribution in [1.82, 2.24) is 15.3 Å². The van der Waals surface area contributed by atoms with Gasteiger partial charge in [-0.1, -0.05) is 20.8 Å². The van der Waals surface area contributed by atoms with Crippen LogP contribution in [0.2, 0.25) is 0 Å². The van der Waals surface area contributed by atoms with Gasteiger partial charge in [-0.05, 0) is 5.41 Å². The number of ether oxygens (including phenoxy) is 1. The van der Waals surface area contributed by atoms with Gasteiger partial charge in [-0.2, -0.15) is 0 Å². The lowest BCUT2D eigenvalue weighted by molar-refractivity contribution is 0.199. The molecule has 2 N–H and O–H groups in total. The summed E-state index contributed by atoms with van der Waals surface area (Å²) in [7, 11) is 1.66. The van der Waals surface area contributed by atoms with E-state index < -0.39 is 0 Å². The van der Waals surface area contributed by atoms with Crippen molar-refractivity contribution in [2.75, 3.05) is 20.3 Å². The Balaban J connectivity index is 2.66. The number of methoxy groups -OCH3 is 1. The second kappa shape index (κ2) is 6.66. The summed E-state index contributed by atoms with van der Waals surface area (Å²) in [5, 5.41) is 3.18. The Morgan fingerprint density at radius 1 is 1.44 bits per heavy atom. The molecule has 1 heterocycles. The smallest absolute Gasteiger partial charge is 0.251 e. The molecular weight excluding hydrogens is 230 g/mol. The fourth-order valence-corrected chi connectivity index (χ4v) is 1.63. The van der Waals surface area contributed by atoms with Crippen LogP contribution in [0.1, 0.15) is 32.3 Å². The third kappa shape index (κ3) is 5.93. The third-order valence-corrected chi connectivity index (χ3v) is 2.33. The molecule has 0 atom stereocenters. The summed E-state index contributed by atoms with van der Waals surface area (Å²) >= 11 is 0. The molecule has 102 valence electrons. The summed E-state index contributed by atoms with van der Waals surface area (Å²) in [6.45, 7) is 8.35. The molecule has 0 radical (unpaired) electrons. The molecule has 0 fully saturated rings. The van der Waals surface area contributed by atoms with Crippen molar-refractivity contribution < 1.29 is 4.74 Å². The Morgan fingerprint density at radius 2 is 2.17 bits per heavy atom. The zero-order valence-corrected chi connectivity index (χ0v) is 11.7. The average Bonchev–Trinajstić information content (AvgIpc) is 2.21. The van der Waals surface area contributed by atoms with Crippen LogP contribution in [0.4, 0.5) is 0 Å². The fourth-order valence-electron chi connectivity index (χ4n) is 1.63. The minimum Gasteiger partial charge on any atom is -0.383 e. The van der Waals surface area contributed by atoms with Crippen LogP contribution in [-0.4, -0.2) is 30.2 Å². The van der Waals surface area contributed by atoms with Gasteiger partial charge in [0.1, 0.15) is 5.82 Å². The highest BCUT2D eigenvalue weighted by Gasteiger charge is 2.13. The van der Waals surface area contributed by atoms with Crippen LogP contribution >= 0.6 is 0 Å². The summed E-state index contributed by atoms with van der Waals surface area (Å²) < 4.78 is 4.94. The molecule has 5 heteroatoms. The fraction of sp³-hybridized carbons (Fsp3) is 0.692. The lowest BCUT2D eigenvalue weighted by atomic mass is 9.92. The molecule has 1 aromatic heterocycles. The highest BCUT2D eigenvalue weighted by Crippen LogP contribution is 2.17. The van der Waals surface area contributed by atoms with E-state index in [0.29, 0.717) is 13.2 Å². The summed E-state index contributed by atoms with van der Waals surface area (Å²) in [6, 6.07) is 1.53. The number of aromatic nitrogens is 2. The first kappa shape index (κ1) is 14.9. The number of rotatable bonds is 6. The molecule has 18 heavy (non-hydrogen) atoms. The van der Waals surface area contributed by atoms with Gasteiger partial charge < -0.3 is 15.0 Å². The molecule has 0 aliphatic heterocycles. The van der Waals surface area contributed by atoms with E-state index in [2.05, 4.69) is 36.1 Å². The van der Waals surface area contributed by atoms with Crippen LogP contribution in [0.3, 0.4) is 0 Å². The van der Waals surface area contributed by atoms with E-state index in [-0.39, 0.29) is 11.0 Å². The second-order valence-electron chi connectivity index (χ2n) is 5.59. The van der Waals surface area contributed by atoms with E-state index in [1.165, 1.54) is 6.07 Å². The number of H-pyrrole nitrogens is 1. The Bertz CT molecular complexity index is 421. The topological polar surface area (TPSA) is 67.0 Å². The molecule has 0 amide bonds. The van der Waals surface area contributed by atoms with Gasteiger partial charge in [0.25, 0.3) is 5.56 Å². The van der Waals surface area contributed by atoms with Gasteiger partial charge in [-0.25, -0.2) is 4.98 Å². The molecule has 0 bridgehead atoms. The second-order valence-corrected chi connectivity index (χ2v) is 5.59. The van der Waals surface area contributed by atoms with E-state index in [1.54, 1.807) is 7.11 Å². The molecule has 0 saturated carbocycles. The number of hydrogen-bond donors (Lipinski definition) is 2. The van der Waals surface area contributed by atoms with Gasteiger partial charge in [0.2, 0.25) is 0 Å². The standard InChI is InChI=1S/C13H23N3O2/c1-13(2,3)8-11-15-10(7-12(17)16-11)9-14-5-6-18-4/h7,14H,5-6,8-9H2,1-4H3,(H,15,16,17). The number of nitrogens with zero attached hydrogens (tertiary/aromatic N) is 1. The van der Waals surface area contributed by atoms with Crippen LogP contribution in [0.25, 0.3) is 0 Å². The van der Waals surface area contributed by atoms with Crippen molar-refractivity contribution in [3.05, 3.63) is 27.9 Å². The molecule has 1 rings (SSSR count). The minimum absolute atomic E-state index is 0.0900. The Hall–Kier alpha value is -1.20. The predicted molar refractivity (Wildman–Crippen MR) is 71.6 cm³/mol. The normalized spacial score (nSPS) is 11.8. The Kier molecular flexibility index (Phi) is 5.50. The molecular formula is C13H23N3O2. The van der Waals surface area contributed by atoms with Crippen molar-refractivity contribution in [3.63, 3.8) is 0 Å². The molecule has 0 aromatic carbocycles. The maximum atomic E-state index is 11.5. The zero-order chi connectivity index (χ0) is 13.6. The van der Waals surface area contributed by atoms with Gasteiger partial charge >= 0.3 is 0 Å². The average molecular weight is 253 g/mol. The quantitative estimate of drug-likeness (QED) is 0.745. The van der Waals surface area contributed by atoms with Gasteiger partial charge in [0.15, 0.2) is 0 Å². The van der Waals surface area contributed by atoms with Crippen molar-refractivity contribution in [1.29, 1.82) is 0 Å². The van der Waals surface area contributed by atoms with Crippen LogP contribution in [0.5, 0.6) is 0 Å². The van der Waals surface area contributed by atoms with E-state index in [4.69, 9.17) is 4.74 Å². The van der Waals surface area contributed by atoms with Crippen LogP contribution in [0.15, 0.2) is 10.9 Å². The number of aromatic amines is 1. The van der Waals surface area contributed by atoms with Crippen molar-refractivity contribution in [2.45, 2.75) is 33.7 Å². The van der Waals surface area contributed by atoms with Crippen LogP contribution in [0, 0.1) is 5.41 Å². The summed E-state index contributed by atoms with van der Waals surface area (Å²) in [5.74, 6) is 0.749. The van der Waals surface area contributed by atoms with Gasteiger partial charge in [0.05, 0.1) is 12.3 Å². The third-order valence-electron chi connectivity index (χ3n) is 2.33. The van der Waals surface area contributed by atoms with Gasteiger partial charge in [-0.15, -0.1) is 0 Å². The minimum atomic E-state index is -0.0900. The van der Waals surface area contributed by atoms with Gasteiger partial charge in [0, 0.05) is 32.7 Å². The number of hydrogen-bond acceptors (Lipinski definition) is 4. The first-order valence-electron chi connectivity index (χ1n) is 6.19. The van der Waals surface area contributed by atoms with Gasteiger partial charge in [-0.3, -0.25) is 4.79 Å². The largest absolute Gasteiger partial charge is 0.383 e. The zero-order valence-electron chi connectivity index (χ0n) is 11.7. The SMILES string of the molecule is COCCNCc1cc(=O)[nH]c(CC(C)(C)C)n1. The molecule has 0 unspecified atom stereocenters. The van der Waals surface area contributed by atoms with E-state index in [0.717, 1.165) is 24.5 Å². The van der Waals surface area contributed by atoms with Crippen molar-refractivity contribution in [2.24, 2.45) is 5.41 Å². The maximum Gasteiger partial charge on any atom is 0.251 e. The predicted octanol–water partition coefficient (Wildman–Crippen LogP) is 1.09. The van der Waals surface area contributed by atoms with Crippen LogP contribution < -0.4 is 10.9 Å². The summed E-state index contributed by atoms with van der Waals surface area (Å²) in [6.07, 6.45) is 0.758. The lowest BCUT2D eigenvalue weighted by Gasteiger charge is -2.17. The Morgan fingerprint density at radius 3 is 2.78 bits per heavy atom. The monoisotopic (exact) mass is 253 g/mol. The molecule has 5 nitrogen and oxygen atoms in total. The first-order chi connectivity index (χ1) is 8.40. The Labute approximate surface area is 108 Å². The van der Waals surface area contributed by atoms with E-state index in [1.807, 2.05) is 0 Å². The highest BCUT2D eigenvalue weighted by molar-refractivity contribution is 5.03. The summed E-state index contributed by atoms with van der Waals surface area (Å²) in [4.78, 5) is 18.8. The van der Waals surface area contributed by atoms with E-state index >= 15 is 0 Å². The first-order valence-corrected chi connectivity index (χ1v) is 6.19. The number of nitrogens with one attached hydrogen (secondary N) is 2. The van der Waals surface area contributed by atoms with Crippen molar-refractivity contribution >= 4 is 0 Å². The molecule has 1 aromatic rings. The highest BCUT2D eigenvalue weighted by atomic mass is 16.5. The lowest BCUT2D eigenvalue weighted by Crippen LogP contribution is -2.23. The van der Waals surface area contributed by atoms with Crippen molar-refractivity contribution in [3.8, 4) is 0 Å². The van der Waals surface area contributed by atoms with E-state index in [9.17, 15) is 4.79 Å². The summed E-state index contributed by atoms with van der Waals surface area (Å²) in [5.41, 5.74) is 0.791. The maximum absolute atomic E-state index is 11.5.